The molecule has 0 saturated carbocycles. The van der Waals surface area contributed by atoms with E-state index in [2.05, 4.69) is 36.6 Å². The van der Waals surface area contributed by atoms with E-state index in [0.29, 0.717) is 11.6 Å². The monoisotopic (exact) mass is 409 g/mol. The summed E-state index contributed by atoms with van der Waals surface area (Å²) in [5.74, 6) is 1.29. The van der Waals surface area contributed by atoms with Crippen molar-refractivity contribution in [2.24, 2.45) is 0 Å². The molecule has 0 radical (unpaired) electrons. The van der Waals surface area contributed by atoms with Crippen LogP contribution >= 0.6 is 11.8 Å². The van der Waals surface area contributed by atoms with Crippen molar-refractivity contribution < 1.29 is 9.59 Å². The van der Waals surface area contributed by atoms with Crippen LogP contribution in [-0.2, 0) is 9.59 Å². The van der Waals surface area contributed by atoms with E-state index in [0.717, 1.165) is 48.6 Å². The summed E-state index contributed by atoms with van der Waals surface area (Å²) in [7, 11) is 0. The molecule has 0 aliphatic carbocycles. The first-order valence-electron chi connectivity index (χ1n) is 10.2. The van der Waals surface area contributed by atoms with Crippen LogP contribution in [0.2, 0.25) is 0 Å². The number of likely N-dealkylation sites (tertiary alicyclic amines) is 1. The number of hydrogen-bond acceptors (Lipinski definition) is 3. The summed E-state index contributed by atoms with van der Waals surface area (Å²) in [6.07, 6.45) is 5.63. The van der Waals surface area contributed by atoms with Crippen LogP contribution in [-0.4, -0.2) is 56.9 Å². The molecule has 3 heterocycles. The average molecular weight is 410 g/mol. The molecule has 29 heavy (non-hydrogen) atoms. The number of para-hydroxylation sites is 1. The Morgan fingerprint density at radius 1 is 1.10 bits per heavy atom. The minimum Gasteiger partial charge on any atom is -0.341 e. The summed E-state index contributed by atoms with van der Waals surface area (Å²) in [5, 5.41) is 0. The highest BCUT2D eigenvalue weighted by Gasteiger charge is 2.36. The highest BCUT2D eigenvalue weighted by Crippen LogP contribution is 2.25. The van der Waals surface area contributed by atoms with E-state index in [4.69, 9.17) is 0 Å². The van der Waals surface area contributed by atoms with E-state index < -0.39 is 0 Å². The van der Waals surface area contributed by atoms with Crippen LogP contribution in [0.25, 0.3) is 11.8 Å². The Hall–Kier alpha value is -2.47. The van der Waals surface area contributed by atoms with Gasteiger partial charge in [0, 0.05) is 42.0 Å². The molecule has 0 N–H and O–H groups in total. The van der Waals surface area contributed by atoms with E-state index in [1.165, 1.54) is 0 Å². The van der Waals surface area contributed by atoms with Crippen LogP contribution < -0.4 is 0 Å². The largest absolute Gasteiger partial charge is 0.341 e. The molecule has 1 aromatic carbocycles. The molecule has 0 bridgehead atoms. The van der Waals surface area contributed by atoms with Crippen LogP contribution in [0, 0.1) is 13.8 Å². The van der Waals surface area contributed by atoms with Crippen molar-refractivity contribution in [2.45, 2.75) is 32.7 Å². The number of benzene rings is 1. The van der Waals surface area contributed by atoms with Crippen LogP contribution in [0.5, 0.6) is 0 Å². The van der Waals surface area contributed by atoms with Gasteiger partial charge in [-0.25, -0.2) is 0 Å². The molecule has 0 spiro atoms. The van der Waals surface area contributed by atoms with Gasteiger partial charge in [0.05, 0.1) is 5.88 Å². The minimum atomic E-state index is -0.327. The molecular formula is C23H27N3O2S. The standard InChI is InChI=1S/C23H27N3O2S/c1-17-14-19(18(2)26(17)20-8-4-3-5-9-20)10-11-22(27)25-16-29-15-21(25)23(28)24-12-6-7-13-24/h3-5,8-11,14,21H,6-7,12-13,15-16H2,1-2H3/b11-10-/t21-/m0/s1. The summed E-state index contributed by atoms with van der Waals surface area (Å²) in [4.78, 5) is 29.3. The number of thioether (sulfide) groups is 1. The second-order valence-corrected chi connectivity index (χ2v) is 8.69. The van der Waals surface area contributed by atoms with E-state index >= 15 is 0 Å². The Morgan fingerprint density at radius 2 is 1.83 bits per heavy atom. The molecule has 6 heteroatoms. The Balaban J connectivity index is 1.50. The minimum absolute atomic E-state index is 0.0861. The van der Waals surface area contributed by atoms with Crippen molar-refractivity contribution in [3.63, 3.8) is 0 Å². The fourth-order valence-corrected chi connectivity index (χ4v) is 5.36. The number of amides is 2. The zero-order valence-electron chi connectivity index (χ0n) is 17.0. The first-order chi connectivity index (χ1) is 14.1. The molecule has 2 amide bonds. The third-order valence-corrected chi connectivity index (χ3v) is 6.77. The fourth-order valence-electron chi connectivity index (χ4n) is 4.20. The lowest BCUT2D eigenvalue weighted by molar-refractivity contribution is -0.140. The van der Waals surface area contributed by atoms with Crippen molar-refractivity contribution in [3.05, 3.63) is 59.4 Å². The SMILES string of the molecule is Cc1cc(/C=C\C(=O)N2CSC[C@H]2C(=O)N2CCCC2)c(C)n1-c1ccccc1. The lowest BCUT2D eigenvalue weighted by Crippen LogP contribution is -2.47. The summed E-state index contributed by atoms with van der Waals surface area (Å²) in [6.45, 7) is 5.78. The van der Waals surface area contributed by atoms with Gasteiger partial charge in [-0.2, -0.15) is 0 Å². The lowest BCUT2D eigenvalue weighted by atomic mass is 10.2. The zero-order valence-corrected chi connectivity index (χ0v) is 17.8. The van der Waals surface area contributed by atoms with Crippen LogP contribution in [0.3, 0.4) is 0 Å². The van der Waals surface area contributed by atoms with Gasteiger partial charge >= 0.3 is 0 Å². The Kier molecular flexibility index (Phi) is 5.81. The number of hydrogen-bond donors (Lipinski definition) is 0. The maximum absolute atomic E-state index is 12.9. The third kappa shape index (κ3) is 3.99. The topological polar surface area (TPSA) is 45.6 Å². The number of rotatable bonds is 4. The number of carbonyl (C=O) groups excluding carboxylic acids is 2. The Morgan fingerprint density at radius 3 is 2.55 bits per heavy atom. The first-order valence-corrected chi connectivity index (χ1v) is 11.3. The fraction of sp³-hybridized carbons (Fsp3) is 0.391. The zero-order chi connectivity index (χ0) is 20.4. The van der Waals surface area contributed by atoms with E-state index in [-0.39, 0.29) is 17.9 Å². The van der Waals surface area contributed by atoms with Crippen LogP contribution in [0.1, 0.15) is 29.8 Å². The Labute approximate surface area is 176 Å². The summed E-state index contributed by atoms with van der Waals surface area (Å²) >= 11 is 1.65. The molecule has 2 aliphatic heterocycles. The highest BCUT2D eigenvalue weighted by molar-refractivity contribution is 7.99. The molecule has 1 atom stereocenters. The quantitative estimate of drug-likeness (QED) is 0.725. The van der Waals surface area contributed by atoms with Crippen molar-refractivity contribution in [1.82, 2.24) is 14.4 Å². The number of carbonyl (C=O) groups is 2. The van der Waals surface area contributed by atoms with Gasteiger partial charge in [0.1, 0.15) is 6.04 Å². The van der Waals surface area contributed by atoms with Gasteiger partial charge in [0.2, 0.25) is 11.8 Å². The van der Waals surface area contributed by atoms with Gasteiger partial charge in [-0.1, -0.05) is 18.2 Å². The molecule has 1 aromatic heterocycles. The molecule has 2 saturated heterocycles. The second kappa shape index (κ2) is 8.49. The van der Waals surface area contributed by atoms with Gasteiger partial charge in [-0.05, 0) is 56.5 Å². The van der Waals surface area contributed by atoms with Crippen molar-refractivity contribution in [1.29, 1.82) is 0 Å². The van der Waals surface area contributed by atoms with Crippen molar-refractivity contribution in [2.75, 3.05) is 24.7 Å². The maximum atomic E-state index is 12.9. The molecule has 5 nitrogen and oxygen atoms in total. The second-order valence-electron chi connectivity index (χ2n) is 7.69. The summed E-state index contributed by atoms with van der Waals surface area (Å²) in [6, 6.07) is 12.0. The van der Waals surface area contributed by atoms with E-state index in [1.54, 1.807) is 22.7 Å². The molecule has 0 unspecified atom stereocenters. The Bertz CT molecular complexity index is 929. The third-order valence-electron chi connectivity index (χ3n) is 5.76. The van der Waals surface area contributed by atoms with E-state index in [1.807, 2.05) is 29.2 Å². The molecule has 2 fully saturated rings. The first kappa shape index (κ1) is 19.8. The van der Waals surface area contributed by atoms with Crippen molar-refractivity contribution >= 4 is 29.7 Å². The molecule has 4 rings (SSSR count). The van der Waals surface area contributed by atoms with Gasteiger partial charge in [-0.3, -0.25) is 9.59 Å². The number of aryl methyl sites for hydroxylation is 1. The molecular weight excluding hydrogens is 382 g/mol. The average Bonchev–Trinajstić information content (AvgIpc) is 3.47. The number of nitrogens with zero attached hydrogens (tertiary/aromatic N) is 3. The molecule has 152 valence electrons. The summed E-state index contributed by atoms with van der Waals surface area (Å²) in [5.41, 5.74) is 4.35. The van der Waals surface area contributed by atoms with Gasteiger partial charge in [0.25, 0.3) is 0 Å². The lowest BCUT2D eigenvalue weighted by Gasteiger charge is -2.26. The van der Waals surface area contributed by atoms with Crippen LogP contribution in [0.15, 0.2) is 42.5 Å². The maximum Gasteiger partial charge on any atom is 0.247 e. The van der Waals surface area contributed by atoms with Gasteiger partial charge in [0.15, 0.2) is 0 Å². The highest BCUT2D eigenvalue weighted by atomic mass is 32.2. The van der Waals surface area contributed by atoms with Crippen molar-refractivity contribution in [3.8, 4) is 5.69 Å². The number of aromatic nitrogens is 1. The van der Waals surface area contributed by atoms with Gasteiger partial charge in [-0.15, -0.1) is 11.8 Å². The van der Waals surface area contributed by atoms with Gasteiger partial charge < -0.3 is 14.4 Å². The predicted octanol–water partition coefficient (Wildman–Crippen LogP) is 3.63. The predicted molar refractivity (Wildman–Crippen MR) is 118 cm³/mol. The normalized spacial score (nSPS) is 19.4. The molecule has 2 aromatic rings. The van der Waals surface area contributed by atoms with E-state index in [9.17, 15) is 9.59 Å². The van der Waals surface area contributed by atoms with Crippen LogP contribution in [0.4, 0.5) is 0 Å². The molecule has 2 aliphatic rings. The summed E-state index contributed by atoms with van der Waals surface area (Å²) < 4.78 is 2.19. The smallest absolute Gasteiger partial charge is 0.247 e.